The molecule has 0 spiro atoms. The zero-order valence-corrected chi connectivity index (χ0v) is 21.2. The highest BCUT2D eigenvalue weighted by molar-refractivity contribution is 5.96. The van der Waals surface area contributed by atoms with Crippen molar-refractivity contribution in [1.29, 1.82) is 0 Å². The second-order valence-corrected chi connectivity index (χ2v) is 9.11. The molecule has 1 N–H and O–H groups in total. The molecule has 2 aromatic carbocycles. The van der Waals surface area contributed by atoms with E-state index in [1.165, 1.54) is 18.2 Å². The number of aromatic nitrogens is 5. The topological polar surface area (TPSA) is 90.8 Å². The van der Waals surface area contributed by atoms with Crippen molar-refractivity contribution in [3.05, 3.63) is 121 Å². The highest BCUT2D eigenvalue weighted by Crippen LogP contribution is 2.27. The van der Waals surface area contributed by atoms with Gasteiger partial charge in [-0.05, 0) is 61.0 Å². The van der Waals surface area contributed by atoms with Crippen LogP contribution in [0.25, 0.3) is 27.9 Å². The largest absolute Gasteiger partial charge is 0.451 e. The summed E-state index contributed by atoms with van der Waals surface area (Å²) in [5.74, 6) is 0.00200. The number of pyridine rings is 1. The van der Waals surface area contributed by atoms with Gasteiger partial charge in [-0.2, -0.15) is 0 Å². The molecule has 4 aromatic heterocycles. The van der Waals surface area contributed by atoms with Crippen LogP contribution < -0.4 is 5.32 Å². The number of amides is 1. The van der Waals surface area contributed by atoms with Gasteiger partial charge in [-0.1, -0.05) is 18.2 Å². The number of benzene rings is 2. The Labute approximate surface area is 223 Å². The Balaban J connectivity index is 1.33. The van der Waals surface area contributed by atoms with Gasteiger partial charge in [0, 0.05) is 48.3 Å². The van der Waals surface area contributed by atoms with Gasteiger partial charge >= 0.3 is 0 Å². The maximum Gasteiger partial charge on any atom is 0.287 e. The first-order valence-electron chi connectivity index (χ1n) is 12.6. The molecule has 1 atom stereocenters. The number of carbonyl (C=O) groups is 1. The van der Waals surface area contributed by atoms with E-state index < -0.39 is 11.9 Å². The number of fused-ring (bicyclic) bond motifs is 1. The van der Waals surface area contributed by atoms with Gasteiger partial charge in [0.2, 0.25) is 0 Å². The Kier molecular flexibility index (Phi) is 6.46. The van der Waals surface area contributed by atoms with Gasteiger partial charge < -0.3 is 18.9 Å². The van der Waals surface area contributed by atoms with E-state index in [9.17, 15) is 9.18 Å². The number of furan rings is 1. The summed E-state index contributed by atoms with van der Waals surface area (Å²) in [4.78, 5) is 26.7. The van der Waals surface area contributed by atoms with Crippen LogP contribution in [0, 0.1) is 5.82 Å². The number of imidazole rings is 2. The summed E-state index contributed by atoms with van der Waals surface area (Å²) in [6.07, 6.45) is 9.37. The highest BCUT2D eigenvalue weighted by atomic mass is 19.1. The maximum atomic E-state index is 13.7. The third-order valence-corrected chi connectivity index (χ3v) is 6.63. The fraction of sp³-hybridized carbons (Fsp3) is 0.133. The third kappa shape index (κ3) is 4.94. The lowest BCUT2D eigenvalue weighted by atomic mass is 10.1. The Morgan fingerprint density at radius 3 is 2.67 bits per heavy atom. The monoisotopic (exact) mass is 520 g/mol. The van der Waals surface area contributed by atoms with Crippen molar-refractivity contribution < 1.29 is 13.6 Å². The first-order valence-corrected chi connectivity index (χ1v) is 12.6. The number of hydrogen-bond donors (Lipinski definition) is 1. The molecular weight excluding hydrogens is 495 g/mol. The molecule has 6 aromatic rings. The zero-order chi connectivity index (χ0) is 26.8. The zero-order valence-electron chi connectivity index (χ0n) is 21.2. The molecule has 1 unspecified atom stereocenters. The molecule has 6 rings (SSSR count). The molecule has 0 saturated carbocycles. The number of nitrogens with zero attached hydrogens (tertiary/aromatic N) is 5. The van der Waals surface area contributed by atoms with Crippen molar-refractivity contribution in [2.24, 2.45) is 0 Å². The lowest BCUT2D eigenvalue weighted by Crippen LogP contribution is -2.32. The molecule has 0 aliphatic heterocycles. The van der Waals surface area contributed by atoms with Crippen molar-refractivity contribution in [3.8, 4) is 16.9 Å². The van der Waals surface area contributed by atoms with Crippen molar-refractivity contribution in [2.45, 2.75) is 25.9 Å². The molecule has 0 aliphatic rings. The number of rotatable bonds is 8. The summed E-state index contributed by atoms with van der Waals surface area (Å²) < 4.78 is 23.4. The van der Waals surface area contributed by atoms with Gasteiger partial charge in [0.25, 0.3) is 5.91 Å². The molecule has 8 nitrogen and oxygen atoms in total. The molecule has 4 heterocycles. The minimum Gasteiger partial charge on any atom is -0.451 e. The SMILES string of the molecule is CCn1c(-c2ccc(-n3ccnc3)cc2)cnc1C(Cc1ccccn1)NC(=O)c1cc2cc(F)ccc2o1. The average molecular weight is 521 g/mol. The van der Waals surface area contributed by atoms with Gasteiger partial charge in [-0.25, -0.2) is 14.4 Å². The van der Waals surface area contributed by atoms with Gasteiger partial charge in [0.15, 0.2) is 5.76 Å². The molecule has 0 saturated heterocycles. The first-order chi connectivity index (χ1) is 19.1. The van der Waals surface area contributed by atoms with Crippen LogP contribution in [0.15, 0.2) is 102 Å². The summed E-state index contributed by atoms with van der Waals surface area (Å²) >= 11 is 0. The maximum absolute atomic E-state index is 13.7. The second-order valence-electron chi connectivity index (χ2n) is 9.11. The van der Waals surface area contributed by atoms with Crippen molar-refractivity contribution >= 4 is 16.9 Å². The predicted octanol–water partition coefficient (Wildman–Crippen LogP) is 5.75. The summed E-state index contributed by atoms with van der Waals surface area (Å²) in [5, 5.41) is 3.61. The summed E-state index contributed by atoms with van der Waals surface area (Å²) in [6, 6.07) is 19.0. The third-order valence-electron chi connectivity index (χ3n) is 6.63. The number of hydrogen-bond acceptors (Lipinski definition) is 5. The molecule has 0 bridgehead atoms. The van der Waals surface area contributed by atoms with Crippen LogP contribution >= 0.6 is 0 Å². The Morgan fingerprint density at radius 2 is 1.92 bits per heavy atom. The average Bonchev–Trinajstić information content (AvgIpc) is 3.73. The van der Waals surface area contributed by atoms with Crippen molar-refractivity contribution in [1.82, 2.24) is 29.4 Å². The molecule has 194 valence electrons. The van der Waals surface area contributed by atoms with Crippen LogP contribution in [0.1, 0.15) is 35.0 Å². The van der Waals surface area contributed by atoms with E-state index in [4.69, 9.17) is 9.40 Å². The normalized spacial score (nSPS) is 12.1. The summed E-state index contributed by atoms with van der Waals surface area (Å²) in [7, 11) is 0. The fourth-order valence-electron chi connectivity index (χ4n) is 4.74. The van der Waals surface area contributed by atoms with E-state index in [1.807, 2.05) is 66.3 Å². The van der Waals surface area contributed by atoms with Gasteiger partial charge in [0.1, 0.15) is 17.2 Å². The quantitative estimate of drug-likeness (QED) is 0.276. The van der Waals surface area contributed by atoms with Crippen LogP contribution in [0.5, 0.6) is 0 Å². The fourth-order valence-corrected chi connectivity index (χ4v) is 4.74. The lowest BCUT2D eigenvalue weighted by Gasteiger charge is -2.20. The first kappa shape index (κ1) is 24.3. The summed E-state index contributed by atoms with van der Waals surface area (Å²) in [6.45, 7) is 2.69. The van der Waals surface area contributed by atoms with Crippen molar-refractivity contribution in [3.63, 3.8) is 0 Å². The lowest BCUT2D eigenvalue weighted by molar-refractivity contribution is 0.0908. The molecule has 39 heavy (non-hydrogen) atoms. The second kappa shape index (κ2) is 10.4. The van der Waals surface area contributed by atoms with Crippen LogP contribution in [0.3, 0.4) is 0 Å². The van der Waals surface area contributed by atoms with E-state index in [0.29, 0.717) is 29.8 Å². The van der Waals surface area contributed by atoms with Gasteiger partial charge in [-0.3, -0.25) is 9.78 Å². The minimum atomic E-state index is -0.490. The molecule has 1 amide bonds. The molecule has 0 radical (unpaired) electrons. The molecule has 0 aliphatic carbocycles. The van der Waals surface area contributed by atoms with Gasteiger partial charge in [0.05, 0.1) is 24.3 Å². The van der Waals surface area contributed by atoms with E-state index in [0.717, 1.165) is 22.6 Å². The number of carbonyl (C=O) groups excluding carboxylic acids is 1. The Morgan fingerprint density at radius 1 is 1.05 bits per heavy atom. The molecule has 0 fully saturated rings. The van der Waals surface area contributed by atoms with Crippen LogP contribution in [-0.2, 0) is 13.0 Å². The van der Waals surface area contributed by atoms with E-state index in [-0.39, 0.29) is 11.6 Å². The minimum absolute atomic E-state index is 0.103. The van der Waals surface area contributed by atoms with Crippen LogP contribution in [0.4, 0.5) is 4.39 Å². The highest BCUT2D eigenvalue weighted by Gasteiger charge is 2.25. The number of halogens is 1. The van der Waals surface area contributed by atoms with E-state index in [1.54, 1.807) is 24.8 Å². The predicted molar refractivity (Wildman–Crippen MR) is 145 cm³/mol. The molecule has 9 heteroatoms. The number of nitrogens with one attached hydrogen (secondary N) is 1. The Bertz CT molecular complexity index is 1720. The van der Waals surface area contributed by atoms with Crippen LogP contribution in [-0.4, -0.2) is 30.0 Å². The smallest absolute Gasteiger partial charge is 0.287 e. The van der Waals surface area contributed by atoms with Crippen LogP contribution in [0.2, 0.25) is 0 Å². The summed E-state index contributed by atoms with van der Waals surface area (Å²) in [5.41, 5.74) is 4.20. The van der Waals surface area contributed by atoms with E-state index >= 15 is 0 Å². The molecular formula is C30H25FN6O2. The standard InChI is InChI=1S/C30H25FN6O2/c1-2-37-26(20-6-9-24(10-7-20)36-14-13-32-19-36)18-34-29(37)25(17-23-5-3-4-12-33-23)35-30(38)28-16-21-15-22(31)8-11-27(21)39-28/h3-16,18-19,25H,2,17H2,1H3,(H,35,38). The Hall–Kier alpha value is -5.05. The van der Waals surface area contributed by atoms with Crippen molar-refractivity contribution in [2.75, 3.05) is 0 Å². The van der Waals surface area contributed by atoms with E-state index in [2.05, 4.69) is 19.9 Å². The van der Waals surface area contributed by atoms with Gasteiger partial charge in [-0.15, -0.1) is 0 Å².